The maximum absolute atomic E-state index is 11.0. The van der Waals surface area contributed by atoms with Crippen molar-refractivity contribution in [1.82, 2.24) is 0 Å². The summed E-state index contributed by atoms with van der Waals surface area (Å²) < 4.78 is 0. The molecule has 0 radical (unpaired) electrons. The molecule has 2 atom stereocenters. The van der Waals surface area contributed by atoms with Gasteiger partial charge in [-0.25, -0.2) is 0 Å². The molecule has 1 rings (SSSR count). The van der Waals surface area contributed by atoms with Crippen LogP contribution in [-0.4, -0.2) is 6.29 Å². The Morgan fingerprint density at radius 1 is 1.62 bits per heavy atom. The summed E-state index contributed by atoms with van der Waals surface area (Å²) in [7, 11) is 0. The SMILES string of the molecule is CC#CCCC1(C=O)CCC(C)C1. The summed E-state index contributed by atoms with van der Waals surface area (Å²) in [4.78, 5) is 11.0. The van der Waals surface area contributed by atoms with Crippen LogP contribution in [0.15, 0.2) is 0 Å². The normalized spacial score (nSPS) is 32.3. The molecule has 0 amide bonds. The molecule has 0 spiro atoms. The molecule has 0 aromatic heterocycles. The fraction of sp³-hybridized carbons (Fsp3) is 0.750. The summed E-state index contributed by atoms with van der Waals surface area (Å²) in [6.07, 6.45) is 6.36. The molecule has 0 N–H and O–H groups in total. The van der Waals surface area contributed by atoms with Gasteiger partial charge < -0.3 is 4.79 Å². The van der Waals surface area contributed by atoms with Gasteiger partial charge in [0.2, 0.25) is 0 Å². The van der Waals surface area contributed by atoms with Gasteiger partial charge in [0, 0.05) is 11.8 Å². The van der Waals surface area contributed by atoms with E-state index < -0.39 is 0 Å². The van der Waals surface area contributed by atoms with Crippen molar-refractivity contribution < 1.29 is 4.79 Å². The Hall–Kier alpha value is -0.770. The number of hydrogen-bond donors (Lipinski definition) is 0. The van der Waals surface area contributed by atoms with Gasteiger partial charge in [0.05, 0.1) is 0 Å². The van der Waals surface area contributed by atoms with Crippen molar-refractivity contribution in [1.29, 1.82) is 0 Å². The third-order valence-corrected chi connectivity index (χ3v) is 3.06. The van der Waals surface area contributed by atoms with Gasteiger partial charge in [-0.1, -0.05) is 6.92 Å². The molecule has 1 fully saturated rings. The lowest BCUT2D eigenvalue weighted by Gasteiger charge is -2.20. The molecule has 1 aliphatic carbocycles. The topological polar surface area (TPSA) is 17.1 Å². The van der Waals surface area contributed by atoms with E-state index >= 15 is 0 Å². The molecule has 0 aliphatic heterocycles. The lowest BCUT2D eigenvalue weighted by atomic mass is 9.82. The first-order valence-corrected chi connectivity index (χ1v) is 5.08. The van der Waals surface area contributed by atoms with Gasteiger partial charge >= 0.3 is 0 Å². The molecule has 1 nitrogen and oxygen atoms in total. The van der Waals surface area contributed by atoms with E-state index in [0.29, 0.717) is 0 Å². The highest BCUT2D eigenvalue weighted by molar-refractivity contribution is 5.60. The monoisotopic (exact) mass is 178 g/mol. The first-order valence-electron chi connectivity index (χ1n) is 5.08. The lowest BCUT2D eigenvalue weighted by molar-refractivity contribution is -0.116. The lowest BCUT2D eigenvalue weighted by Crippen LogP contribution is -2.18. The third kappa shape index (κ3) is 2.59. The van der Waals surface area contributed by atoms with Crippen LogP contribution in [0.3, 0.4) is 0 Å². The maximum atomic E-state index is 11.0. The molecule has 13 heavy (non-hydrogen) atoms. The number of carbonyl (C=O) groups is 1. The predicted octanol–water partition coefficient (Wildman–Crippen LogP) is 2.80. The zero-order chi connectivity index (χ0) is 9.73. The first kappa shape index (κ1) is 10.3. The molecule has 2 unspecified atom stereocenters. The van der Waals surface area contributed by atoms with E-state index in [-0.39, 0.29) is 5.41 Å². The van der Waals surface area contributed by atoms with Crippen LogP contribution in [0, 0.1) is 23.2 Å². The van der Waals surface area contributed by atoms with Crippen LogP contribution in [0.2, 0.25) is 0 Å². The van der Waals surface area contributed by atoms with Crippen molar-refractivity contribution >= 4 is 6.29 Å². The maximum Gasteiger partial charge on any atom is 0.126 e. The Bertz CT molecular complexity index is 233. The Kier molecular flexibility index (Phi) is 3.54. The van der Waals surface area contributed by atoms with Gasteiger partial charge in [-0.3, -0.25) is 0 Å². The zero-order valence-electron chi connectivity index (χ0n) is 8.60. The van der Waals surface area contributed by atoms with Crippen LogP contribution in [0.25, 0.3) is 0 Å². The largest absolute Gasteiger partial charge is 0.303 e. The summed E-state index contributed by atoms with van der Waals surface area (Å²) in [6, 6.07) is 0. The fourth-order valence-electron chi connectivity index (χ4n) is 2.26. The number of aldehydes is 1. The van der Waals surface area contributed by atoms with Crippen LogP contribution in [0.1, 0.15) is 46.0 Å². The summed E-state index contributed by atoms with van der Waals surface area (Å²) in [5, 5.41) is 0. The van der Waals surface area contributed by atoms with Crippen LogP contribution in [-0.2, 0) is 4.79 Å². The Morgan fingerprint density at radius 3 is 2.85 bits per heavy atom. The van der Waals surface area contributed by atoms with Crippen LogP contribution >= 0.6 is 0 Å². The van der Waals surface area contributed by atoms with E-state index in [1.54, 1.807) is 0 Å². The number of hydrogen-bond acceptors (Lipinski definition) is 1. The summed E-state index contributed by atoms with van der Waals surface area (Å²) >= 11 is 0. The van der Waals surface area contributed by atoms with Gasteiger partial charge in [0.1, 0.15) is 6.29 Å². The summed E-state index contributed by atoms with van der Waals surface area (Å²) in [5.41, 5.74) is -0.0245. The minimum Gasteiger partial charge on any atom is -0.303 e. The Balaban J connectivity index is 2.49. The molecule has 1 heteroatoms. The number of rotatable bonds is 3. The molecule has 1 saturated carbocycles. The zero-order valence-corrected chi connectivity index (χ0v) is 8.60. The van der Waals surface area contributed by atoms with Crippen molar-refractivity contribution in [2.45, 2.75) is 46.0 Å². The van der Waals surface area contributed by atoms with Gasteiger partial charge in [-0.2, -0.15) is 0 Å². The van der Waals surface area contributed by atoms with Crippen molar-refractivity contribution in [3.05, 3.63) is 0 Å². The van der Waals surface area contributed by atoms with Gasteiger partial charge in [-0.15, -0.1) is 11.8 Å². The smallest absolute Gasteiger partial charge is 0.126 e. The van der Waals surface area contributed by atoms with Gasteiger partial charge in [-0.05, 0) is 38.5 Å². The molecule has 0 saturated heterocycles. The van der Waals surface area contributed by atoms with E-state index in [0.717, 1.165) is 31.6 Å². The Morgan fingerprint density at radius 2 is 2.38 bits per heavy atom. The average molecular weight is 178 g/mol. The van der Waals surface area contributed by atoms with Crippen molar-refractivity contribution in [2.24, 2.45) is 11.3 Å². The van der Waals surface area contributed by atoms with E-state index in [2.05, 4.69) is 18.8 Å². The second-order valence-electron chi connectivity index (χ2n) is 4.25. The van der Waals surface area contributed by atoms with E-state index in [4.69, 9.17) is 0 Å². The molecular weight excluding hydrogens is 160 g/mol. The highest BCUT2D eigenvalue weighted by atomic mass is 16.1. The van der Waals surface area contributed by atoms with Crippen LogP contribution in [0.5, 0.6) is 0 Å². The molecule has 72 valence electrons. The molecule has 0 aromatic rings. The molecule has 0 bridgehead atoms. The van der Waals surface area contributed by atoms with Crippen molar-refractivity contribution in [3.63, 3.8) is 0 Å². The average Bonchev–Trinajstić information content (AvgIpc) is 2.49. The van der Waals surface area contributed by atoms with Crippen LogP contribution in [0.4, 0.5) is 0 Å². The highest BCUT2D eigenvalue weighted by Gasteiger charge is 2.36. The standard InChI is InChI=1S/C12H18O/c1-3-4-5-7-12(10-13)8-6-11(2)9-12/h10-11H,5-9H2,1-2H3. The first-order chi connectivity index (χ1) is 6.22. The number of carbonyl (C=O) groups excluding carboxylic acids is 1. The molecule has 0 heterocycles. The van der Waals surface area contributed by atoms with Gasteiger partial charge in [0.15, 0.2) is 0 Å². The quantitative estimate of drug-likeness (QED) is 0.480. The second-order valence-corrected chi connectivity index (χ2v) is 4.25. The minimum absolute atomic E-state index is 0.0245. The predicted molar refractivity (Wildman–Crippen MR) is 54.2 cm³/mol. The molecule has 0 aromatic carbocycles. The minimum atomic E-state index is -0.0245. The molecular formula is C12H18O. The van der Waals surface area contributed by atoms with E-state index in [9.17, 15) is 4.79 Å². The summed E-state index contributed by atoms with van der Waals surface area (Å²) in [6.45, 7) is 4.08. The molecule has 1 aliphatic rings. The summed E-state index contributed by atoms with van der Waals surface area (Å²) in [5.74, 6) is 6.64. The second kappa shape index (κ2) is 4.46. The van der Waals surface area contributed by atoms with Gasteiger partial charge in [0.25, 0.3) is 0 Å². The highest BCUT2D eigenvalue weighted by Crippen LogP contribution is 2.43. The fourth-order valence-corrected chi connectivity index (χ4v) is 2.26. The van der Waals surface area contributed by atoms with E-state index in [1.807, 2.05) is 6.92 Å². The Labute approximate surface area is 80.9 Å². The van der Waals surface area contributed by atoms with Crippen LogP contribution < -0.4 is 0 Å². The third-order valence-electron chi connectivity index (χ3n) is 3.06. The van der Waals surface area contributed by atoms with Crippen molar-refractivity contribution in [3.8, 4) is 11.8 Å². The van der Waals surface area contributed by atoms with Crippen molar-refractivity contribution in [2.75, 3.05) is 0 Å². The van der Waals surface area contributed by atoms with E-state index in [1.165, 1.54) is 12.7 Å².